The summed E-state index contributed by atoms with van der Waals surface area (Å²) in [7, 11) is 1.81. The molecule has 1 saturated carbocycles. The monoisotopic (exact) mass is 300 g/mol. The van der Waals surface area contributed by atoms with Crippen LogP contribution in [0.25, 0.3) is 0 Å². The van der Waals surface area contributed by atoms with Crippen molar-refractivity contribution in [2.75, 3.05) is 25.1 Å². The molecule has 2 amide bonds. The van der Waals surface area contributed by atoms with Crippen molar-refractivity contribution in [2.24, 2.45) is 5.41 Å². The largest absolute Gasteiger partial charge is 0.481 e. The van der Waals surface area contributed by atoms with Crippen molar-refractivity contribution in [1.29, 1.82) is 0 Å². The van der Waals surface area contributed by atoms with Gasteiger partial charge < -0.3 is 15.3 Å². The van der Waals surface area contributed by atoms with Crippen molar-refractivity contribution in [2.45, 2.75) is 44.6 Å². The normalized spacial score (nSPS) is 25.1. The highest BCUT2D eigenvalue weighted by Gasteiger charge is 2.40. The van der Waals surface area contributed by atoms with E-state index >= 15 is 0 Å². The first-order valence-corrected chi connectivity index (χ1v) is 8.52. The number of carbonyl (C=O) groups excluding carboxylic acids is 1. The van der Waals surface area contributed by atoms with Crippen LogP contribution < -0.4 is 5.32 Å². The van der Waals surface area contributed by atoms with E-state index in [0.717, 1.165) is 37.2 Å². The van der Waals surface area contributed by atoms with Crippen molar-refractivity contribution in [3.8, 4) is 0 Å². The highest BCUT2D eigenvalue weighted by atomic mass is 32.2. The van der Waals surface area contributed by atoms with Gasteiger partial charge in [0.15, 0.2) is 0 Å². The summed E-state index contributed by atoms with van der Waals surface area (Å²) in [5.74, 6) is 1.31. The molecular formula is C14H24N2O3S. The zero-order valence-corrected chi connectivity index (χ0v) is 12.9. The molecule has 20 heavy (non-hydrogen) atoms. The summed E-state index contributed by atoms with van der Waals surface area (Å²) in [6.07, 6.45) is 5.35. The first-order chi connectivity index (χ1) is 9.55. The number of nitrogens with zero attached hydrogens (tertiary/aromatic N) is 1. The lowest BCUT2D eigenvalue weighted by molar-refractivity contribution is -0.150. The molecule has 1 atom stereocenters. The van der Waals surface area contributed by atoms with Gasteiger partial charge in [-0.1, -0.05) is 19.3 Å². The zero-order chi connectivity index (χ0) is 14.6. The first kappa shape index (κ1) is 15.5. The minimum atomic E-state index is -0.767. The fourth-order valence-corrected chi connectivity index (χ4v) is 4.33. The van der Waals surface area contributed by atoms with Crippen LogP contribution in [0.15, 0.2) is 0 Å². The molecule has 1 saturated heterocycles. The second-order valence-electron chi connectivity index (χ2n) is 5.93. The van der Waals surface area contributed by atoms with Crippen LogP contribution in [0, 0.1) is 5.41 Å². The Bertz CT molecular complexity index is 363. The van der Waals surface area contributed by atoms with Crippen LogP contribution in [0.3, 0.4) is 0 Å². The van der Waals surface area contributed by atoms with Crippen LogP contribution in [0.4, 0.5) is 4.79 Å². The second kappa shape index (κ2) is 6.70. The molecule has 114 valence electrons. The molecule has 0 radical (unpaired) electrons. The van der Waals surface area contributed by atoms with Gasteiger partial charge in [0, 0.05) is 25.4 Å². The van der Waals surface area contributed by atoms with E-state index in [1.54, 1.807) is 11.9 Å². The van der Waals surface area contributed by atoms with Gasteiger partial charge in [0.1, 0.15) is 0 Å². The zero-order valence-electron chi connectivity index (χ0n) is 12.1. The molecule has 0 aromatic heterocycles. The number of aliphatic carboxylic acids is 1. The van der Waals surface area contributed by atoms with Crippen LogP contribution in [-0.2, 0) is 4.79 Å². The van der Waals surface area contributed by atoms with Crippen LogP contribution in [-0.4, -0.2) is 53.1 Å². The lowest BCUT2D eigenvalue weighted by Gasteiger charge is -2.34. The summed E-state index contributed by atoms with van der Waals surface area (Å²) in [5, 5.41) is 12.3. The van der Waals surface area contributed by atoms with Crippen molar-refractivity contribution in [3.63, 3.8) is 0 Å². The molecule has 5 nitrogen and oxygen atoms in total. The molecule has 1 aliphatic carbocycles. The van der Waals surface area contributed by atoms with Crippen molar-refractivity contribution in [3.05, 3.63) is 0 Å². The highest BCUT2D eigenvalue weighted by molar-refractivity contribution is 7.99. The number of rotatable bonds is 4. The second-order valence-corrected chi connectivity index (χ2v) is 7.08. The predicted octanol–water partition coefficient (Wildman–Crippen LogP) is 2.17. The van der Waals surface area contributed by atoms with E-state index < -0.39 is 11.4 Å². The number of amides is 2. The lowest BCUT2D eigenvalue weighted by Crippen LogP contribution is -2.49. The van der Waals surface area contributed by atoms with Gasteiger partial charge in [0.25, 0.3) is 0 Å². The smallest absolute Gasteiger partial charge is 0.317 e. The molecule has 0 aromatic rings. The molecule has 6 heteroatoms. The SMILES string of the molecule is CN(C(=O)NCC1(C(=O)O)CCCCC1)C1CCSC1. The number of carbonyl (C=O) groups is 2. The number of nitrogens with one attached hydrogen (secondary N) is 1. The van der Waals surface area contributed by atoms with Crippen molar-refractivity contribution in [1.82, 2.24) is 10.2 Å². The summed E-state index contributed by atoms with van der Waals surface area (Å²) in [4.78, 5) is 25.4. The number of thioether (sulfide) groups is 1. The fraction of sp³-hybridized carbons (Fsp3) is 0.857. The Morgan fingerprint density at radius 3 is 2.60 bits per heavy atom. The molecule has 1 aliphatic heterocycles. The Hall–Kier alpha value is -0.910. The van der Waals surface area contributed by atoms with Crippen molar-refractivity contribution < 1.29 is 14.7 Å². The molecule has 1 heterocycles. The minimum Gasteiger partial charge on any atom is -0.481 e. The Morgan fingerprint density at radius 1 is 1.35 bits per heavy atom. The van der Waals surface area contributed by atoms with Gasteiger partial charge in [0.05, 0.1) is 5.41 Å². The Morgan fingerprint density at radius 2 is 2.05 bits per heavy atom. The maximum atomic E-state index is 12.2. The van der Waals surface area contributed by atoms with Gasteiger partial charge in [-0.15, -0.1) is 0 Å². The minimum absolute atomic E-state index is 0.135. The first-order valence-electron chi connectivity index (χ1n) is 7.37. The third kappa shape index (κ3) is 3.40. The molecule has 1 unspecified atom stereocenters. The molecule has 0 bridgehead atoms. The van der Waals surface area contributed by atoms with Gasteiger partial charge in [-0.25, -0.2) is 4.79 Å². The van der Waals surface area contributed by atoms with E-state index in [2.05, 4.69) is 5.32 Å². The number of hydrogen-bond donors (Lipinski definition) is 2. The van der Waals surface area contributed by atoms with Crippen molar-refractivity contribution >= 4 is 23.8 Å². The van der Waals surface area contributed by atoms with E-state index in [1.165, 1.54) is 0 Å². The number of urea groups is 1. The van der Waals surface area contributed by atoms with Gasteiger partial charge >= 0.3 is 12.0 Å². The molecule has 2 fully saturated rings. The topological polar surface area (TPSA) is 69.6 Å². The average Bonchev–Trinajstić information content (AvgIpc) is 2.99. The Kier molecular flexibility index (Phi) is 5.18. The third-order valence-corrected chi connectivity index (χ3v) is 5.76. The summed E-state index contributed by atoms with van der Waals surface area (Å²) < 4.78 is 0. The van der Waals surface area contributed by atoms with Crippen LogP contribution in [0.5, 0.6) is 0 Å². The summed E-state index contributed by atoms with van der Waals surface area (Å²) in [6.45, 7) is 0.255. The molecular weight excluding hydrogens is 276 g/mol. The molecule has 0 spiro atoms. The molecule has 2 aliphatic rings. The van der Waals surface area contributed by atoms with E-state index in [9.17, 15) is 14.7 Å². The van der Waals surface area contributed by atoms with Crippen LogP contribution in [0.1, 0.15) is 38.5 Å². The molecule has 2 rings (SSSR count). The summed E-state index contributed by atoms with van der Waals surface area (Å²) in [5.41, 5.74) is -0.751. The molecule has 2 N–H and O–H groups in total. The Labute approximate surface area is 124 Å². The number of hydrogen-bond acceptors (Lipinski definition) is 3. The lowest BCUT2D eigenvalue weighted by atomic mass is 9.74. The quantitative estimate of drug-likeness (QED) is 0.835. The maximum absolute atomic E-state index is 12.2. The standard InChI is InChI=1S/C14H24N2O3S/c1-16(11-5-8-20-9-11)13(19)15-10-14(12(17)18)6-3-2-4-7-14/h11H,2-10H2,1H3,(H,15,19)(H,17,18). The van der Waals surface area contributed by atoms with Gasteiger partial charge in [-0.2, -0.15) is 11.8 Å². The van der Waals surface area contributed by atoms with Crippen LogP contribution >= 0.6 is 11.8 Å². The van der Waals surface area contributed by atoms with E-state index in [1.807, 2.05) is 11.8 Å². The van der Waals surface area contributed by atoms with Gasteiger partial charge in [-0.3, -0.25) is 4.79 Å². The number of carboxylic acid groups (broad SMARTS) is 1. The van der Waals surface area contributed by atoms with E-state index in [0.29, 0.717) is 12.8 Å². The predicted molar refractivity (Wildman–Crippen MR) is 80.0 cm³/mol. The summed E-state index contributed by atoms with van der Waals surface area (Å²) >= 11 is 1.86. The van der Waals surface area contributed by atoms with E-state index in [-0.39, 0.29) is 18.6 Å². The van der Waals surface area contributed by atoms with E-state index in [4.69, 9.17) is 0 Å². The Balaban J connectivity index is 1.88. The molecule has 0 aromatic carbocycles. The fourth-order valence-electron chi connectivity index (χ4n) is 3.06. The number of carboxylic acids is 1. The maximum Gasteiger partial charge on any atom is 0.317 e. The third-order valence-electron chi connectivity index (χ3n) is 4.62. The highest BCUT2D eigenvalue weighted by Crippen LogP contribution is 2.36. The average molecular weight is 300 g/mol. The van der Waals surface area contributed by atoms with Gasteiger partial charge in [0.2, 0.25) is 0 Å². The summed E-state index contributed by atoms with van der Waals surface area (Å²) in [6, 6.07) is 0.149. The van der Waals surface area contributed by atoms with Crippen LogP contribution in [0.2, 0.25) is 0 Å². The van der Waals surface area contributed by atoms with Gasteiger partial charge in [-0.05, 0) is 25.0 Å².